The highest BCUT2D eigenvalue weighted by atomic mass is 16.4. The first-order valence-corrected chi connectivity index (χ1v) is 7.39. The Balaban J connectivity index is 1.99. The fraction of sp³-hybridized carbons (Fsp3) is 0.412. The first kappa shape index (κ1) is 15.3. The summed E-state index contributed by atoms with van der Waals surface area (Å²) in [5.41, 5.74) is 1.99. The van der Waals surface area contributed by atoms with Gasteiger partial charge in [0.25, 0.3) is 0 Å². The number of hydrogen-bond acceptors (Lipinski definition) is 2. The van der Waals surface area contributed by atoms with E-state index in [9.17, 15) is 9.59 Å². The van der Waals surface area contributed by atoms with Crippen molar-refractivity contribution >= 4 is 11.9 Å². The third-order valence-corrected chi connectivity index (χ3v) is 3.69. The monoisotopic (exact) mass is 287 g/mol. The van der Waals surface area contributed by atoms with Crippen molar-refractivity contribution in [3.8, 4) is 0 Å². The zero-order valence-electron chi connectivity index (χ0n) is 12.0. The minimum Gasteiger partial charge on any atom is -0.481 e. The molecule has 4 nitrogen and oxygen atoms in total. The van der Waals surface area contributed by atoms with Crippen molar-refractivity contribution in [1.82, 2.24) is 5.32 Å². The lowest BCUT2D eigenvalue weighted by atomic mass is 9.96. The second kappa shape index (κ2) is 7.62. The number of aliphatic carboxylic acids is 1. The smallest absolute Gasteiger partial charge is 0.305 e. The number of benzene rings is 1. The van der Waals surface area contributed by atoms with E-state index >= 15 is 0 Å². The number of carboxylic acid groups (broad SMARTS) is 1. The van der Waals surface area contributed by atoms with Crippen LogP contribution in [0.2, 0.25) is 0 Å². The quantitative estimate of drug-likeness (QED) is 0.789. The molecule has 0 saturated heterocycles. The molecule has 0 radical (unpaired) electrons. The van der Waals surface area contributed by atoms with Crippen LogP contribution in [0.5, 0.6) is 0 Å². The van der Waals surface area contributed by atoms with Gasteiger partial charge in [0.1, 0.15) is 0 Å². The van der Waals surface area contributed by atoms with Crippen LogP contribution in [0.3, 0.4) is 0 Å². The average Bonchev–Trinajstić information content (AvgIpc) is 2.48. The number of amides is 1. The molecule has 1 aromatic carbocycles. The largest absolute Gasteiger partial charge is 0.481 e. The summed E-state index contributed by atoms with van der Waals surface area (Å²) in [5.74, 6) is -1.01. The molecule has 0 saturated carbocycles. The third kappa shape index (κ3) is 5.06. The number of carboxylic acids is 1. The van der Waals surface area contributed by atoms with E-state index in [0.29, 0.717) is 6.42 Å². The van der Waals surface area contributed by atoms with Crippen LogP contribution in [0.15, 0.2) is 42.0 Å². The molecule has 2 rings (SSSR count). The van der Waals surface area contributed by atoms with Gasteiger partial charge in [0, 0.05) is 6.42 Å². The zero-order valence-corrected chi connectivity index (χ0v) is 12.0. The zero-order chi connectivity index (χ0) is 15.1. The van der Waals surface area contributed by atoms with E-state index in [2.05, 4.69) is 11.4 Å². The predicted octanol–water partition coefficient (Wildman–Crippen LogP) is 3.21. The number of carbonyl (C=O) groups excluding carboxylic acids is 1. The topological polar surface area (TPSA) is 66.4 Å². The maximum atomic E-state index is 12.1. The van der Waals surface area contributed by atoms with Crippen LogP contribution < -0.4 is 5.32 Å². The summed E-state index contributed by atoms with van der Waals surface area (Å²) in [6, 6.07) is 8.78. The molecule has 21 heavy (non-hydrogen) atoms. The highest BCUT2D eigenvalue weighted by Crippen LogP contribution is 2.21. The molecule has 1 aliphatic carbocycles. The molecular formula is C17H21NO3. The van der Waals surface area contributed by atoms with Gasteiger partial charge < -0.3 is 10.4 Å². The van der Waals surface area contributed by atoms with Crippen LogP contribution in [0.25, 0.3) is 0 Å². The summed E-state index contributed by atoms with van der Waals surface area (Å²) in [4.78, 5) is 23.1. The molecule has 0 aromatic heterocycles. The highest BCUT2D eigenvalue weighted by molar-refractivity contribution is 5.80. The molecule has 0 heterocycles. The van der Waals surface area contributed by atoms with Crippen molar-refractivity contribution in [3.63, 3.8) is 0 Å². The summed E-state index contributed by atoms with van der Waals surface area (Å²) < 4.78 is 0. The Morgan fingerprint density at radius 3 is 2.57 bits per heavy atom. The molecule has 4 heteroatoms. The molecule has 1 amide bonds. The van der Waals surface area contributed by atoms with E-state index in [1.165, 1.54) is 12.0 Å². The summed E-state index contributed by atoms with van der Waals surface area (Å²) >= 11 is 0. The Labute approximate surface area is 124 Å². The molecule has 0 aliphatic heterocycles. The maximum absolute atomic E-state index is 12.1. The SMILES string of the molecule is O=C(O)CC(NC(=O)CC1=CCCCC1)c1ccccc1. The van der Waals surface area contributed by atoms with Gasteiger partial charge >= 0.3 is 5.97 Å². The minimum atomic E-state index is -0.916. The molecule has 1 aliphatic rings. The van der Waals surface area contributed by atoms with E-state index in [-0.39, 0.29) is 12.3 Å². The summed E-state index contributed by atoms with van der Waals surface area (Å²) in [7, 11) is 0. The summed E-state index contributed by atoms with van der Waals surface area (Å²) in [6.45, 7) is 0. The third-order valence-electron chi connectivity index (χ3n) is 3.69. The maximum Gasteiger partial charge on any atom is 0.305 e. The molecular weight excluding hydrogens is 266 g/mol. The van der Waals surface area contributed by atoms with E-state index in [1.54, 1.807) is 0 Å². The summed E-state index contributed by atoms with van der Waals surface area (Å²) in [6.07, 6.45) is 6.75. The van der Waals surface area contributed by atoms with Gasteiger partial charge in [-0.2, -0.15) is 0 Å². The van der Waals surface area contributed by atoms with E-state index < -0.39 is 12.0 Å². The lowest BCUT2D eigenvalue weighted by Crippen LogP contribution is -2.30. The van der Waals surface area contributed by atoms with Gasteiger partial charge in [-0.25, -0.2) is 0 Å². The van der Waals surface area contributed by atoms with Crippen molar-refractivity contribution < 1.29 is 14.7 Å². The second-order valence-electron chi connectivity index (χ2n) is 5.41. The first-order valence-electron chi connectivity index (χ1n) is 7.39. The van der Waals surface area contributed by atoms with Crippen LogP contribution in [0.1, 0.15) is 50.1 Å². The highest BCUT2D eigenvalue weighted by Gasteiger charge is 2.18. The van der Waals surface area contributed by atoms with Crippen molar-refractivity contribution in [1.29, 1.82) is 0 Å². The number of rotatable bonds is 6. The van der Waals surface area contributed by atoms with E-state index in [0.717, 1.165) is 24.8 Å². The average molecular weight is 287 g/mol. The van der Waals surface area contributed by atoms with Gasteiger partial charge in [-0.3, -0.25) is 9.59 Å². The van der Waals surface area contributed by atoms with Crippen LogP contribution in [0, 0.1) is 0 Å². The Bertz CT molecular complexity index is 522. The Morgan fingerprint density at radius 1 is 1.19 bits per heavy atom. The van der Waals surface area contributed by atoms with Crippen LogP contribution in [-0.2, 0) is 9.59 Å². The van der Waals surface area contributed by atoms with Gasteiger partial charge in [0.15, 0.2) is 0 Å². The van der Waals surface area contributed by atoms with Crippen LogP contribution >= 0.6 is 0 Å². The minimum absolute atomic E-state index is 0.0988. The lowest BCUT2D eigenvalue weighted by Gasteiger charge is -2.19. The number of carbonyl (C=O) groups is 2. The molecule has 1 aromatic rings. The molecule has 1 unspecified atom stereocenters. The van der Waals surface area contributed by atoms with Crippen molar-refractivity contribution in [2.45, 2.75) is 44.6 Å². The second-order valence-corrected chi connectivity index (χ2v) is 5.41. The molecule has 0 spiro atoms. The normalized spacial score (nSPS) is 15.9. The lowest BCUT2D eigenvalue weighted by molar-refractivity contribution is -0.137. The predicted molar refractivity (Wildman–Crippen MR) is 80.7 cm³/mol. The Morgan fingerprint density at radius 2 is 1.95 bits per heavy atom. The fourth-order valence-electron chi connectivity index (χ4n) is 2.63. The van der Waals surface area contributed by atoms with Crippen LogP contribution in [-0.4, -0.2) is 17.0 Å². The van der Waals surface area contributed by atoms with Crippen molar-refractivity contribution in [3.05, 3.63) is 47.5 Å². The van der Waals surface area contributed by atoms with Gasteiger partial charge in [0.2, 0.25) is 5.91 Å². The number of hydrogen-bond donors (Lipinski definition) is 2. The fourth-order valence-corrected chi connectivity index (χ4v) is 2.63. The first-order chi connectivity index (χ1) is 10.1. The molecule has 0 fully saturated rings. The van der Waals surface area contributed by atoms with E-state index in [1.807, 2.05) is 30.3 Å². The Hall–Kier alpha value is -2.10. The standard InChI is InChI=1S/C17H21NO3/c19-16(11-13-7-3-1-4-8-13)18-15(12-17(20)21)14-9-5-2-6-10-14/h2,5-7,9-10,15H,1,3-4,8,11-12H2,(H,18,19)(H,20,21). The molecule has 2 N–H and O–H groups in total. The molecule has 112 valence electrons. The van der Waals surface area contributed by atoms with E-state index in [4.69, 9.17) is 5.11 Å². The Kier molecular flexibility index (Phi) is 5.55. The number of allylic oxidation sites excluding steroid dienone is 1. The van der Waals surface area contributed by atoms with Crippen molar-refractivity contribution in [2.75, 3.05) is 0 Å². The van der Waals surface area contributed by atoms with Crippen molar-refractivity contribution in [2.24, 2.45) is 0 Å². The number of nitrogens with one attached hydrogen (secondary N) is 1. The van der Waals surface area contributed by atoms with Gasteiger partial charge in [-0.15, -0.1) is 0 Å². The van der Waals surface area contributed by atoms with Gasteiger partial charge in [-0.05, 0) is 31.2 Å². The van der Waals surface area contributed by atoms with Crippen LogP contribution in [0.4, 0.5) is 0 Å². The van der Waals surface area contributed by atoms with Gasteiger partial charge in [-0.1, -0.05) is 42.0 Å². The van der Waals surface area contributed by atoms with Gasteiger partial charge in [0.05, 0.1) is 12.5 Å². The summed E-state index contributed by atoms with van der Waals surface area (Å²) in [5, 5.41) is 11.9. The molecule has 0 bridgehead atoms. The molecule has 1 atom stereocenters.